The van der Waals surface area contributed by atoms with Crippen LogP contribution in [0, 0.1) is 0 Å². The van der Waals surface area contributed by atoms with E-state index in [9.17, 15) is 0 Å². The van der Waals surface area contributed by atoms with Crippen molar-refractivity contribution in [2.75, 3.05) is 7.05 Å². The topological polar surface area (TPSA) is 15.3 Å². The van der Waals surface area contributed by atoms with E-state index in [4.69, 9.17) is 0 Å². The third-order valence-electron chi connectivity index (χ3n) is 5.63. The molecule has 2 unspecified atom stereocenters. The van der Waals surface area contributed by atoms with E-state index >= 15 is 0 Å². The number of hydrogen-bond donors (Lipinski definition) is 1. The number of fused-ring (bicyclic) bond motifs is 2. The molecule has 92 valence electrons. The number of rotatable bonds is 3. The number of nitrogens with zero attached hydrogens (tertiary/aromatic N) is 1. The lowest BCUT2D eigenvalue weighted by Gasteiger charge is -2.56. The summed E-state index contributed by atoms with van der Waals surface area (Å²) in [7, 11) is 2.14. The Hall–Kier alpha value is -0.0800. The fourth-order valence-electron chi connectivity index (χ4n) is 4.57. The Balaban J connectivity index is 1.78. The molecule has 1 N–H and O–H groups in total. The van der Waals surface area contributed by atoms with Crippen molar-refractivity contribution >= 4 is 0 Å². The predicted molar refractivity (Wildman–Crippen MR) is 67.6 cm³/mol. The third-order valence-corrected chi connectivity index (χ3v) is 5.63. The van der Waals surface area contributed by atoms with Gasteiger partial charge in [-0.3, -0.25) is 4.90 Å². The molecule has 2 heterocycles. The molecule has 3 aliphatic rings. The zero-order valence-electron chi connectivity index (χ0n) is 10.8. The largest absolute Gasteiger partial charge is 0.317 e. The maximum atomic E-state index is 3.50. The van der Waals surface area contributed by atoms with Crippen molar-refractivity contribution in [2.24, 2.45) is 0 Å². The molecule has 16 heavy (non-hydrogen) atoms. The fourth-order valence-corrected chi connectivity index (χ4v) is 4.57. The van der Waals surface area contributed by atoms with Crippen LogP contribution in [0.2, 0.25) is 0 Å². The Morgan fingerprint density at radius 2 is 1.81 bits per heavy atom. The zero-order chi connectivity index (χ0) is 11.2. The van der Waals surface area contributed by atoms with Crippen LogP contribution in [-0.2, 0) is 0 Å². The van der Waals surface area contributed by atoms with Crippen LogP contribution in [0.3, 0.4) is 0 Å². The molecule has 0 amide bonds. The minimum atomic E-state index is 0.630. The molecule has 0 aromatic rings. The highest BCUT2D eigenvalue weighted by atomic mass is 15.3. The first-order chi connectivity index (χ1) is 7.79. The standard InChI is InChI=1S/C14H26N2/c1-3-14(7-4-8-14)16-12-5-6-13(16)10-11(9-12)15-2/h11-13,15H,3-10H2,1-2H3. The van der Waals surface area contributed by atoms with Crippen LogP contribution in [0.4, 0.5) is 0 Å². The maximum absolute atomic E-state index is 3.50. The van der Waals surface area contributed by atoms with E-state index in [0.29, 0.717) is 5.54 Å². The second-order valence-electron chi connectivity index (χ2n) is 6.18. The van der Waals surface area contributed by atoms with Gasteiger partial charge in [0.15, 0.2) is 0 Å². The molecule has 0 spiro atoms. The summed E-state index contributed by atoms with van der Waals surface area (Å²) in [6.45, 7) is 2.41. The van der Waals surface area contributed by atoms with Gasteiger partial charge in [0.1, 0.15) is 0 Å². The van der Waals surface area contributed by atoms with Gasteiger partial charge in [-0.05, 0) is 58.4 Å². The van der Waals surface area contributed by atoms with E-state index < -0.39 is 0 Å². The maximum Gasteiger partial charge on any atom is 0.0212 e. The summed E-state index contributed by atoms with van der Waals surface area (Å²) in [4.78, 5) is 2.96. The van der Waals surface area contributed by atoms with Gasteiger partial charge in [0.2, 0.25) is 0 Å². The molecule has 1 aliphatic carbocycles. The highest BCUT2D eigenvalue weighted by molar-refractivity contribution is 5.08. The van der Waals surface area contributed by atoms with Gasteiger partial charge in [-0.2, -0.15) is 0 Å². The van der Waals surface area contributed by atoms with Crippen LogP contribution in [0.15, 0.2) is 0 Å². The molecule has 2 bridgehead atoms. The first-order valence-electron chi connectivity index (χ1n) is 7.25. The second-order valence-corrected chi connectivity index (χ2v) is 6.18. The summed E-state index contributed by atoms with van der Waals surface area (Å²) in [5.74, 6) is 0. The van der Waals surface area contributed by atoms with Gasteiger partial charge in [-0.15, -0.1) is 0 Å². The Morgan fingerprint density at radius 3 is 2.19 bits per heavy atom. The fraction of sp³-hybridized carbons (Fsp3) is 1.00. The molecular formula is C14H26N2. The Labute approximate surface area is 99.8 Å². The summed E-state index contributed by atoms with van der Waals surface area (Å²) in [6.07, 6.45) is 11.5. The smallest absolute Gasteiger partial charge is 0.0212 e. The SMILES string of the molecule is CCC1(N2C3CCC2CC(NC)C3)CCC1. The summed E-state index contributed by atoms with van der Waals surface area (Å²) >= 11 is 0. The second kappa shape index (κ2) is 3.99. The van der Waals surface area contributed by atoms with Crippen LogP contribution in [0.25, 0.3) is 0 Å². The number of hydrogen-bond acceptors (Lipinski definition) is 2. The molecule has 3 fully saturated rings. The minimum absolute atomic E-state index is 0.630. The van der Waals surface area contributed by atoms with E-state index in [1.54, 1.807) is 0 Å². The predicted octanol–water partition coefficient (Wildman–Crippen LogP) is 2.53. The van der Waals surface area contributed by atoms with E-state index in [1.807, 2.05) is 0 Å². The molecule has 0 aromatic heterocycles. The summed E-state index contributed by atoms with van der Waals surface area (Å²) in [5.41, 5.74) is 0.630. The van der Waals surface area contributed by atoms with Crippen LogP contribution in [-0.4, -0.2) is 35.6 Å². The van der Waals surface area contributed by atoms with E-state index in [0.717, 1.165) is 18.1 Å². The van der Waals surface area contributed by atoms with Crippen LogP contribution < -0.4 is 5.32 Å². The van der Waals surface area contributed by atoms with Crippen LogP contribution >= 0.6 is 0 Å². The summed E-state index contributed by atoms with van der Waals surface area (Å²) in [6, 6.07) is 2.59. The molecule has 0 aromatic carbocycles. The van der Waals surface area contributed by atoms with Gasteiger partial charge in [-0.1, -0.05) is 6.92 Å². The average molecular weight is 222 g/mol. The van der Waals surface area contributed by atoms with E-state index in [1.165, 1.54) is 51.4 Å². The van der Waals surface area contributed by atoms with E-state index in [2.05, 4.69) is 24.2 Å². The molecule has 0 radical (unpaired) electrons. The van der Waals surface area contributed by atoms with E-state index in [-0.39, 0.29) is 0 Å². The molecule has 2 nitrogen and oxygen atoms in total. The lowest BCUT2D eigenvalue weighted by atomic mass is 9.71. The molecule has 2 aliphatic heterocycles. The minimum Gasteiger partial charge on any atom is -0.317 e. The number of nitrogens with one attached hydrogen (secondary N) is 1. The molecule has 3 rings (SSSR count). The summed E-state index contributed by atoms with van der Waals surface area (Å²) in [5, 5.41) is 3.50. The lowest BCUT2D eigenvalue weighted by molar-refractivity contribution is -0.0503. The first kappa shape index (κ1) is 11.0. The highest BCUT2D eigenvalue weighted by Gasteiger charge is 2.51. The zero-order valence-corrected chi connectivity index (χ0v) is 10.8. The van der Waals surface area contributed by atoms with Gasteiger partial charge in [0.05, 0.1) is 0 Å². The van der Waals surface area contributed by atoms with Crippen LogP contribution in [0.5, 0.6) is 0 Å². The van der Waals surface area contributed by atoms with Crippen molar-refractivity contribution in [2.45, 2.75) is 82.0 Å². The van der Waals surface area contributed by atoms with Crippen molar-refractivity contribution in [3.8, 4) is 0 Å². The number of piperidine rings is 1. The van der Waals surface area contributed by atoms with Crippen molar-refractivity contribution in [3.05, 3.63) is 0 Å². The quantitative estimate of drug-likeness (QED) is 0.789. The molecule has 1 saturated carbocycles. The van der Waals surface area contributed by atoms with Crippen molar-refractivity contribution < 1.29 is 0 Å². The van der Waals surface area contributed by atoms with Gasteiger partial charge in [0.25, 0.3) is 0 Å². The molecule has 2 heteroatoms. The van der Waals surface area contributed by atoms with Crippen molar-refractivity contribution in [1.29, 1.82) is 0 Å². The Kier molecular flexibility index (Phi) is 2.75. The molecular weight excluding hydrogens is 196 g/mol. The first-order valence-corrected chi connectivity index (χ1v) is 7.25. The normalized spacial score (nSPS) is 42.0. The molecule has 2 saturated heterocycles. The summed E-state index contributed by atoms with van der Waals surface area (Å²) < 4.78 is 0. The monoisotopic (exact) mass is 222 g/mol. The van der Waals surface area contributed by atoms with Crippen LogP contribution in [0.1, 0.15) is 58.3 Å². The van der Waals surface area contributed by atoms with Gasteiger partial charge >= 0.3 is 0 Å². The lowest BCUT2D eigenvalue weighted by Crippen LogP contribution is -2.62. The Morgan fingerprint density at radius 1 is 1.19 bits per heavy atom. The Bertz CT molecular complexity index is 240. The molecule has 2 atom stereocenters. The third kappa shape index (κ3) is 1.46. The van der Waals surface area contributed by atoms with Crippen molar-refractivity contribution in [3.63, 3.8) is 0 Å². The van der Waals surface area contributed by atoms with Gasteiger partial charge in [-0.25, -0.2) is 0 Å². The van der Waals surface area contributed by atoms with Crippen molar-refractivity contribution in [1.82, 2.24) is 10.2 Å². The average Bonchev–Trinajstić information content (AvgIpc) is 2.51. The van der Waals surface area contributed by atoms with Gasteiger partial charge < -0.3 is 5.32 Å². The highest BCUT2D eigenvalue weighted by Crippen LogP contribution is 2.49. The van der Waals surface area contributed by atoms with Gasteiger partial charge in [0, 0.05) is 23.7 Å².